The molecule has 2 aromatic carbocycles. The van der Waals surface area contributed by atoms with E-state index in [1.54, 1.807) is 18.2 Å². The molecule has 36 heavy (non-hydrogen) atoms. The van der Waals surface area contributed by atoms with Crippen molar-refractivity contribution in [2.75, 3.05) is 26.2 Å². The number of fused-ring (bicyclic) bond motifs is 1. The van der Waals surface area contributed by atoms with Crippen molar-refractivity contribution < 1.29 is 24.4 Å². The van der Waals surface area contributed by atoms with Crippen LogP contribution in [0.4, 0.5) is 0 Å². The van der Waals surface area contributed by atoms with Gasteiger partial charge in [-0.3, -0.25) is 14.6 Å². The summed E-state index contributed by atoms with van der Waals surface area (Å²) in [5.41, 5.74) is 4.14. The second-order valence-electron chi connectivity index (χ2n) is 9.08. The van der Waals surface area contributed by atoms with Crippen LogP contribution < -0.4 is 0 Å². The number of carboxylic acids is 2. The van der Waals surface area contributed by atoms with Gasteiger partial charge in [0.15, 0.2) is 0 Å². The van der Waals surface area contributed by atoms with Crippen molar-refractivity contribution in [1.82, 2.24) is 24.7 Å². The molecule has 1 saturated heterocycles. The standard InChI is InChI=1S/C26H27N5O5/c1-17-22(28-36-27-17)16-29-9-11-30(12-10-29)24(26(34)35)21-15-31(14-18-5-3-2-4-6-18)23-8-7-19(25(32)33)13-20(21)23/h2-8,13,15,24H,9-12,14,16H2,1H3,(H,32,33)(H,34,35). The maximum absolute atomic E-state index is 12.6. The number of aromatic nitrogens is 3. The van der Waals surface area contributed by atoms with E-state index in [1.807, 2.05) is 52.9 Å². The third-order valence-electron chi connectivity index (χ3n) is 6.77. The third-order valence-corrected chi connectivity index (χ3v) is 6.77. The Hall–Kier alpha value is -4.02. The maximum Gasteiger partial charge on any atom is 0.335 e. The van der Waals surface area contributed by atoms with Gasteiger partial charge in [0.2, 0.25) is 0 Å². The minimum Gasteiger partial charge on any atom is -0.480 e. The van der Waals surface area contributed by atoms with Gasteiger partial charge in [0.05, 0.1) is 5.56 Å². The number of hydrogen-bond donors (Lipinski definition) is 2. The third kappa shape index (κ3) is 4.73. The van der Waals surface area contributed by atoms with Crippen molar-refractivity contribution in [3.63, 3.8) is 0 Å². The minimum absolute atomic E-state index is 0.131. The lowest BCUT2D eigenvalue weighted by Crippen LogP contribution is -2.48. The maximum atomic E-state index is 12.6. The summed E-state index contributed by atoms with van der Waals surface area (Å²) in [6, 6.07) is 13.9. The summed E-state index contributed by atoms with van der Waals surface area (Å²) in [6.45, 7) is 5.42. The quantitative estimate of drug-likeness (QED) is 0.384. The first-order valence-corrected chi connectivity index (χ1v) is 11.8. The molecule has 186 valence electrons. The van der Waals surface area contributed by atoms with Crippen molar-refractivity contribution in [3.8, 4) is 0 Å². The zero-order valence-corrected chi connectivity index (χ0v) is 19.9. The van der Waals surface area contributed by atoms with Crippen LogP contribution in [0, 0.1) is 6.92 Å². The van der Waals surface area contributed by atoms with Crippen molar-refractivity contribution in [3.05, 3.63) is 82.8 Å². The number of rotatable bonds is 8. The Morgan fingerprint density at radius 3 is 2.39 bits per heavy atom. The second kappa shape index (κ2) is 9.92. The number of carboxylic acid groups (broad SMARTS) is 2. The second-order valence-corrected chi connectivity index (χ2v) is 9.08. The van der Waals surface area contributed by atoms with Crippen molar-refractivity contribution in [2.24, 2.45) is 0 Å². The number of aryl methyl sites for hydroxylation is 1. The van der Waals surface area contributed by atoms with Gasteiger partial charge in [-0.25, -0.2) is 9.42 Å². The fourth-order valence-corrected chi connectivity index (χ4v) is 4.86. The molecular formula is C26H27N5O5. The minimum atomic E-state index is -1.04. The molecule has 4 aromatic rings. The van der Waals surface area contributed by atoms with Crippen LogP contribution in [-0.2, 0) is 17.9 Å². The predicted octanol–water partition coefficient (Wildman–Crippen LogP) is 3.02. The number of carbonyl (C=O) groups is 2. The van der Waals surface area contributed by atoms with Gasteiger partial charge in [0, 0.05) is 61.9 Å². The van der Waals surface area contributed by atoms with Gasteiger partial charge in [-0.1, -0.05) is 40.6 Å². The van der Waals surface area contributed by atoms with Crippen LogP contribution in [0.25, 0.3) is 10.9 Å². The molecule has 1 atom stereocenters. The molecule has 10 nitrogen and oxygen atoms in total. The van der Waals surface area contributed by atoms with Crippen LogP contribution in [-0.4, -0.2) is 73.0 Å². The summed E-state index contributed by atoms with van der Waals surface area (Å²) in [5.74, 6) is -2.00. The smallest absolute Gasteiger partial charge is 0.335 e. The van der Waals surface area contributed by atoms with E-state index in [0.717, 1.165) is 22.5 Å². The molecule has 0 spiro atoms. The van der Waals surface area contributed by atoms with Gasteiger partial charge in [-0.2, -0.15) is 0 Å². The van der Waals surface area contributed by atoms with Gasteiger partial charge in [-0.15, -0.1) is 0 Å². The van der Waals surface area contributed by atoms with E-state index in [0.29, 0.717) is 50.2 Å². The lowest BCUT2D eigenvalue weighted by atomic mass is 10.0. The summed E-state index contributed by atoms with van der Waals surface area (Å²) in [6.07, 6.45) is 1.86. The highest BCUT2D eigenvalue weighted by atomic mass is 16.6. The first kappa shape index (κ1) is 23.7. The summed E-state index contributed by atoms with van der Waals surface area (Å²) < 4.78 is 6.79. The van der Waals surface area contributed by atoms with Crippen molar-refractivity contribution in [1.29, 1.82) is 0 Å². The zero-order chi connectivity index (χ0) is 25.2. The zero-order valence-electron chi connectivity index (χ0n) is 19.9. The Kier molecular flexibility index (Phi) is 6.53. The molecule has 1 aliphatic rings. The van der Waals surface area contributed by atoms with Crippen LogP contribution >= 0.6 is 0 Å². The molecule has 1 unspecified atom stereocenters. The van der Waals surface area contributed by atoms with E-state index in [2.05, 4.69) is 15.2 Å². The Morgan fingerprint density at radius 2 is 1.75 bits per heavy atom. The normalized spacial score (nSPS) is 15.8. The monoisotopic (exact) mass is 489 g/mol. The predicted molar refractivity (Wildman–Crippen MR) is 131 cm³/mol. The van der Waals surface area contributed by atoms with E-state index in [-0.39, 0.29) is 5.56 Å². The van der Waals surface area contributed by atoms with Gasteiger partial charge < -0.3 is 14.8 Å². The van der Waals surface area contributed by atoms with Gasteiger partial charge in [0.25, 0.3) is 0 Å². The van der Waals surface area contributed by atoms with Crippen molar-refractivity contribution >= 4 is 22.8 Å². The molecule has 10 heteroatoms. The SMILES string of the molecule is Cc1nonc1CN1CCN(C(C(=O)O)c2cn(Cc3ccccc3)c3ccc(C(=O)O)cc23)CC1. The lowest BCUT2D eigenvalue weighted by Gasteiger charge is -2.37. The van der Waals surface area contributed by atoms with E-state index in [1.165, 1.54) is 0 Å². The molecule has 0 radical (unpaired) electrons. The van der Waals surface area contributed by atoms with E-state index < -0.39 is 18.0 Å². The molecule has 0 aliphatic carbocycles. The molecule has 2 N–H and O–H groups in total. The molecule has 1 aliphatic heterocycles. The first-order valence-electron chi connectivity index (χ1n) is 11.8. The van der Waals surface area contributed by atoms with Crippen LogP contribution in [0.15, 0.2) is 59.4 Å². The van der Waals surface area contributed by atoms with Crippen LogP contribution in [0.2, 0.25) is 0 Å². The number of piperazine rings is 1. The van der Waals surface area contributed by atoms with Crippen LogP contribution in [0.5, 0.6) is 0 Å². The molecule has 2 aromatic heterocycles. The highest BCUT2D eigenvalue weighted by Crippen LogP contribution is 2.33. The molecule has 5 rings (SSSR count). The molecular weight excluding hydrogens is 462 g/mol. The average molecular weight is 490 g/mol. The largest absolute Gasteiger partial charge is 0.480 e. The van der Waals surface area contributed by atoms with Gasteiger partial charge >= 0.3 is 11.9 Å². The topological polar surface area (TPSA) is 125 Å². The molecule has 3 heterocycles. The molecule has 0 saturated carbocycles. The molecule has 1 fully saturated rings. The summed E-state index contributed by atoms with van der Waals surface area (Å²) in [7, 11) is 0. The number of hydrogen-bond acceptors (Lipinski definition) is 7. The Bertz CT molecular complexity index is 1390. The number of aromatic carboxylic acids is 1. The summed E-state index contributed by atoms with van der Waals surface area (Å²) >= 11 is 0. The van der Waals surface area contributed by atoms with E-state index >= 15 is 0 Å². The fourth-order valence-electron chi connectivity index (χ4n) is 4.86. The highest BCUT2D eigenvalue weighted by Gasteiger charge is 2.33. The number of nitrogens with zero attached hydrogens (tertiary/aromatic N) is 5. The first-order chi connectivity index (χ1) is 17.4. The lowest BCUT2D eigenvalue weighted by molar-refractivity contribution is -0.144. The fraction of sp³-hybridized carbons (Fsp3) is 0.308. The van der Waals surface area contributed by atoms with Crippen LogP contribution in [0.3, 0.4) is 0 Å². The van der Waals surface area contributed by atoms with Crippen molar-refractivity contribution in [2.45, 2.75) is 26.1 Å². The van der Waals surface area contributed by atoms with Gasteiger partial charge in [0.1, 0.15) is 17.4 Å². The Labute approximate surface area is 207 Å². The van der Waals surface area contributed by atoms with Gasteiger partial charge in [-0.05, 0) is 30.7 Å². The summed E-state index contributed by atoms with van der Waals surface area (Å²) in [4.78, 5) is 28.4. The number of aliphatic carboxylic acids is 1. The van der Waals surface area contributed by atoms with E-state index in [4.69, 9.17) is 4.63 Å². The average Bonchev–Trinajstić information content (AvgIpc) is 3.43. The molecule has 0 amide bonds. The van der Waals surface area contributed by atoms with Crippen LogP contribution in [0.1, 0.15) is 38.9 Å². The highest BCUT2D eigenvalue weighted by molar-refractivity contribution is 5.96. The number of benzene rings is 2. The Morgan fingerprint density at radius 1 is 1.00 bits per heavy atom. The Balaban J connectivity index is 1.46. The summed E-state index contributed by atoms with van der Waals surface area (Å²) in [5, 5.41) is 28.3. The molecule has 0 bridgehead atoms. The van der Waals surface area contributed by atoms with E-state index in [9.17, 15) is 19.8 Å².